The maximum Gasteiger partial charge on any atom is 0.324 e. The lowest BCUT2D eigenvalue weighted by Crippen LogP contribution is -2.11. The van der Waals surface area contributed by atoms with Crippen molar-refractivity contribution in [3.63, 3.8) is 0 Å². The van der Waals surface area contributed by atoms with Crippen molar-refractivity contribution in [1.29, 1.82) is 0 Å². The number of hydrogen-bond donors (Lipinski definition) is 2. The van der Waals surface area contributed by atoms with Crippen molar-refractivity contribution in [2.45, 2.75) is 38.5 Å². The zero-order valence-electron chi connectivity index (χ0n) is 10.9. The molecule has 1 aromatic carbocycles. The average molecular weight is 264 g/mol. The van der Waals surface area contributed by atoms with Crippen LogP contribution in [0, 0.1) is 0 Å². The smallest absolute Gasteiger partial charge is 0.324 e. The fraction of sp³-hybridized carbons (Fsp3) is 0.429. The lowest BCUT2D eigenvalue weighted by molar-refractivity contribution is -0.144. The van der Waals surface area contributed by atoms with E-state index in [0.29, 0.717) is 12.8 Å². The maximum atomic E-state index is 11.6. The van der Waals surface area contributed by atoms with E-state index in [2.05, 4.69) is 10.2 Å². The first-order valence-corrected chi connectivity index (χ1v) is 6.47. The Hall–Kier alpha value is -1.88. The van der Waals surface area contributed by atoms with Crippen LogP contribution in [0.4, 0.5) is 5.69 Å². The average Bonchev–Trinajstić information content (AvgIpc) is 2.43. The second kappa shape index (κ2) is 9.10. The Labute approximate surface area is 113 Å². The number of benzene rings is 1. The SMILES string of the molecule is NOC(=O)CCCCCCC(=O)Nc1ccccc1. The van der Waals surface area contributed by atoms with Crippen LogP contribution in [0.2, 0.25) is 0 Å². The molecule has 0 radical (unpaired) electrons. The third kappa shape index (κ3) is 7.21. The van der Waals surface area contributed by atoms with Crippen LogP contribution in [0.1, 0.15) is 38.5 Å². The number of nitrogens with one attached hydrogen (secondary N) is 1. The molecule has 19 heavy (non-hydrogen) atoms. The summed E-state index contributed by atoms with van der Waals surface area (Å²) >= 11 is 0. The molecule has 5 heteroatoms. The standard InChI is InChI=1S/C14H20N2O3/c15-19-14(18)11-7-2-1-6-10-13(17)16-12-8-4-3-5-9-12/h3-5,8-9H,1-2,6-7,10-11,15H2,(H,16,17). The molecule has 1 aromatic rings. The second-order valence-corrected chi connectivity index (χ2v) is 4.32. The van der Waals surface area contributed by atoms with E-state index in [1.165, 1.54) is 0 Å². The van der Waals surface area contributed by atoms with Gasteiger partial charge in [-0.1, -0.05) is 31.0 Å². The molecule has 0 unspecified atom stereocenters. The first-order valence-electron chi connectivity index (χ1n) is 6.47. The minimum Gasteiger partial charge on any atom is -0.373 e. The summed E-state index contributed by atoms with van der Waals surface area (Å²) < 4.78 is 0. The van der Waals surface area contributed by atoms with Gasteiger partial charge in [0.15, 0.2) is 0 Å². The molecule has 1 amide bonds. The van der Waals surface area contributed by atoms with Crippen molar-refractivity contribution >= 4 is 17.6 Å². The summed E-state index contributed by atoms with van der Waals surface area (Å²) in [7, 11) is 0. The zero-order chi connectivity index (χ0) is 13.9. The summed E-state index contributed by atoms with van der Waals surface area (Å²) in [5.74, 6) is 4.36. The molecule has 0 atom stereocenters. The Balaban J connectivity index is 2.03. The van der Waals surface area contributed by atoms with Crippen LogP contribution in [-0.4, -0.2) is 11.9 Å². The van der Waals surface area contributed by atoms with E-state index in [4.69, 9.17) is 5.90 Å². The lowest BCUT2D eigenvalue weighted by Gasteiger charge is -2.04. The lowest BCUT2D eigenvalue weighted by atomic mass is 10.1. The summed E-state index contributed by atoms with van der Waals surface area (Å²) in [6, 6.07) is 9.38. The number of nitrogens with two attached hydrogens (primary N) is 1. The fourth-order valence-electron chi connectivity index (χ4n) is 1.71. The van der Waals surface area contributed by atoms with Gasteiger partial charge in [0.2, 0.25) is 5.91 Å². The number of hydrogen-bond acceptors (Lipinski definition) is 4. The molecular weight excluding hydrogens is 244 g/mol. The summed E-state index contributed by atoms with van der Waals surface area (Å²) in [4.78, 5) is 26.4. The van der Waals surface area contributed by atoms with Crippen molar-refractivity contribution in [3.05, 3.63) is 30.3 Å². The molecule has 1 rings (SSSR count). The molecule has 0 saturated heterocycles. The summed E-state index contributed by atoms with van der Waals surface area (Å²) in [5.41, 5.74) is 0.818. The number of amides is 1. The van der Waals surface area contributed by atoms with Crippen molar-refractivity contribution in [1.82, 2.24) is 0 Å². The van der Waals surface area contributed by atoms with E-state index in [0.717, 1.165) is 31.4 Å². The van der Waals surface area contributed by atoms with Gasteiger partial charge in [0.25, 0.3) is 0 Å². The molecule has 0 aromatic heterocycles. The van der Waals surface area contributed by atoms with Crippen LogP contribution in [0.15, 0.2) is 30.3 Å². The monoisotopic (exact) mass is 264 g/mol. The topological polar surface area (TPSA) is 81.4 Å². The van der Waals surface area contributed by atoms with E-state index < -0.39 is 0 Å². The molecule has 0 heterocycles. The Morgan fingerprint density at radius 2 is 1.63 bits per heavy atom. The van der Waals surface area contributed by atoms with Gasteiger partial charge < -0.3 is 10.2 Å². The highest BCUT2D eigenvalue weighted by Crippen LogP contribution is 2.09. The molecule has 0 aliphatic rings. The van der Waals surface area contributed by atoms with Gasteiger partial charge in [-0.15, -0.1) is 0 Å². The van der Waals surface area contributed by atoms with Gasteiger partial charge in [-0.3, -0.25) is 9.59 Å². The minimum atomic E-state index is -0.387. The molecule has 0 aliphatic heterocycles. The fourth-order valence-corrected chi connectivity index (χ4v) is 1.71. The van der Waals surface area contributed by atoms with Crippen molar-refractivity contribution in [3.8, 4) is 0 Å². The summed E-state index contributed by atoms with van der Waals surface area (Å²) in [6.07, 6.45) is 4.21. The number of carbonyl (C=O) groups excluding carboxylic acids is 2. The molecule has 3 N–H and O–H groups in total. The van der Waals surface area contributed by atoms with E-state index >= 15 is 0 Å². The normalized spacial score (nSPS) is 9.95. The molecular formula is C14H20N2O3. The molecule has 0 fully saturated rings. The summed E-state index contributed by atoms with van der Waals surface area (Å²) in [5, 5.41) is 2.83. The van der Waals surface area contributed by atoms with Gasteiger partial charge in [0.1, 0.15) is 0 Å². The highest BCUT2D eigenvalue weighted by molar-refractivity contribution is 5.90. The Morgan fingerprint density at radius 1 is 1.00 bits per heavy atom. The zero-order valence-corrected chi connectivity index (χ0v) is 10.9. The van der Waals surface area contributed by atoms with Crippen molar-refractivity contribution in [2.24, 2.45) is 5.90 Å². The molecule has 0 bridgehead atoms. The quantitative estimate of drug-likeness (QED) is 0.558. The number of rotatable bonds is 8. The first-order chi connectivity index (χ1) is 9.22. The largest absolute Gasteiger partial charge is 0.373 e. The van der Waals surface area contributed by atoms with Crippen molar-refractivity contribution in [2.75, 3.05) is 5.32 Å². The van der Waals surface area contributed by atoms with E-state index in [1.54, 1.807) is 0 Å². The number of anilines is 1. The second-order valence-electron chi connectivity index (χ2n) is 4.32. The number of unbranched alkanes of at least 4 members (excludes halogenated alkanes) is 3. The van der Waals surface area contributed by atoms with E-state index in [-0.39, 0.29) is 11.9 Å². The molecule has 104 valence electrons. The van der Waals surface area contributed by atoms with Gasteiger partial charge in [-0.05, 0) is 25.0 Å². The predicted molar refractivity (Wildman–Crippen MR) is 73.1 cm³/mol. The van der Waals surface area contributed by atoms with Gasteiger partial charge in [-0.2, -0.15) is 5.90 Å². The number of carbonyl (C=O) groups is 2. The Kier molecular flexibility index (Phi) is 7.27. The molecule has 0 aliphatic carbocycles. The molecule has 0 saturated carbocycles. The van der Waals surface area contributed by atoms with Crippen LogP contribution in [-0.2, 0) is 14.4 Å². The highest BCUT2D eigenvalue weighted by Gasteiger charge is 2.03. The van der Waals surface area contributed by atoms with Crippen LogP contribution >= 0.6 is 0 Å². The van der Waals surface area contributed by atoms with Crippen molar-refractivity contribution < 1.29 is 14.4 Å². The Bertz CT molecular complexity index is 393. The van der Waals surface area contributed by atoms with Gasteiger partial charge in [0, 0.05) is 18.5 Å². The van der Waals surface area contributed by atoms with E-state index in [1.807, 2.05) is 30.3 Å². The van der Waals surface area contributed by atoms with Crippen LogP contribution < -0.4 is 11.2 Å². The molecule has 0 spiro atoms. The van der Waals surface area contributed by atoms with Crippen LogP contribution in [0.5, 0.6) is 0 Å². The first kappa shape index (κ1) is 15.2. The van der Waals surface area contributed by atoms with Gasteiger partial charge >= 0.3 is 5.97 Å². The van der Waals surface area contributed by atoms with Gasteiger partial charge in [0.05, 0.1) is 0 Å². The third-order valence-corrected chi connectivity index (χ3v) is 2.72. The third-order valence-electron chi connectivity index (χ3n) is 2.72. The van der Waals surface area contributed by atoms with E-state index in [9.17, 15) is 9.59 Å². The van der Waals surface area contributed by atoms with Gasteiger partial charge in [-0.25, -0.2) is 0 Å². The minimum absolute atomic E-state index is 0.0209. The molecule has 5 nitrogen and oxygen atoms in total. The Morgan fingerprint density at radius 3 is 2.26 bits per heavy atom. The summed E-state index contributed by atoms with van der Waals surface area (Å²) in [6.45, 7) is 0. The maximum absolute atomic E-state index is 11.6. The number of para-hydroxylation sites is 1. The van der Waals surface area contributed by atoms with Crippen LogP contribution in [0.25, 0.3) is 0 Å². The predicted octanol–water partition coefficient (Wildman–Crippen LogP) is 2.38. The van der Waals surface area contributed by atoms with Crippen LogP contribution in [0.3, 0.4) is 0 Å². The highest BCUT2D eigenvalue weighted by atomic mass is 16.7.